The van der Waals surface area contributed by atoms with Gasteiger partial charge in [-0.05, 0) is 47.8 Å². The minimum atomic E-state index is 0.161. The molecule has 2 bridgehead atoms. The maximum atomic E-state index is 5.88. The fourth-order valence-corrected chi connectivity index (χ4v) is 5.35. The fourth-order valence-electron chi connectivity index (χ4n) is 4.99. The predicted molar refractivity (Wildman–Crippen MR) is 105 cm³/mol. The zero-order valence-electron chi connectivity index (χ0n) is 14.4. The molecule has 0 radical (unpaired) electrons. The number of allylic oxidation sites excluding steroid dienone is 2. The molecule has 132 valence electrons. The van der Waals surface area contributed by atoms with Crippen LogP contribution in [0.4, 0.5) is 5.95 Å². The summed E-state index contributed by atoms with van der Waals surface area (Å²) in [7, 11) is 0. The summed E-state index contributed by atoms with van der Waals surface area (Å²) in [5.41, 5.74) is 1.14. The Morgan fingerprint density at radius 1 is 1.15 bits per heavy atom. The Morgan fingerprint density at radius 2 is 2.00 bits per heavy atom. The molecule has 5 atom stereocenters. The summed E-state index contributed by atoms with van der Waals surface area (Å²) in [6.45, 7) is 1.69. The summed E-state index contributed by atoms with van der Waals surface area (Å²) in [6, 6.07) is 6.04. The van der Waals surface area contributed by atoms with Gasteiger partial charge in [0.05, 0.1) is 11.0 Å². The van der Waals surface area contributed by atoms with E-state index in [-0.39, 0.29) is 6.04 Å². The Balaban J connectivity index is 1.40. The molecule has 3 aliphatic rings. The number of hydrogen-bond donors (Lipinski definition) is 1. The predicted octanol–water partition coefficient (Wildman–Crippen LogP) is 2.62. The normalized spacial score (nSPS) is 31.2. The van der Waals surface area contributed by atoms with Gasteiger partial charge in [0.2, 0.25) is 5.95 Å². The van der Waals surface area contributed by atoms with E-state index in [1.807, 2.05) is 30.7 Å². The summed E-state index contributed by atoms with van der Waals surface area (Å²) in [6.07, 6.45) is 13.4. The van der Waals surface area contributed by atoms with Gasteiger partial charge in [-0.3, -0.25) is 4.98 Å². The van der Waals surface area contributed by atoms with E-state index in [0.717, 1.165) is 23.0 Å². The van der Waals surface area contributed by atoms with Crippen molar-refractivity contribution in [3.63, 3.8) is 0 Å². The lowest BCUT2D eigenvalue weighted by atomic mass is 9.82. The highest BCUT2D eigenvalue weighted by atomic mass is 32.1. The second kappa shape index (κ2) is 6.43. The van der Waals surface area contributed by atoms with E-state index in [4.69, 9.17) is 12.2 Å². The van der Waals surface area contributed by atoms with Crippen LogP contribution < -0.4 is 10.2 Å². The van der Waals surface area contributed by atoms with E-state index in [1.54, 1.807) is 6.20 Å². The second-order valence-electron chi connectivity index (χ2n) is 7.41. The minimum Gasteiger partial charge on any atom is -0.374 e. The van der Waals surface area contributed by atoms with Crippen molar-refractivity contribution in [3.8, 4) is 0 Å². The SMILES string of the molecule is S=C(NCc1cccnc1)[C@@H]1[C@@H]2[C@H](CN1c1ncccn1)[C@@H]1C=C[C@H]2C1. The molecule has 2 aromatic rings. The smallest absolute Gasteiger partial charge is 0.225 e. The monoisotopic (exact) mass is 363 g/mol. The third-order valence-electron chi connectivity index (χ3n) is 6.06. The van der Waals surface area contributed by atoms with Crippen molar-refractivity contribution in [1.29, 1.82) is 0 Å². The minimum absolute atomic E-state index is 0.161. The molecular formula is C20H21N5S. The number of aromatic nitrogens is 3. The van der Waals surface area contributed by atoms with Crippen LogP contribution in [-0.4, -0.2) is 32.5 Å². The molecule has 5 rings (SSSR count). The summed E-state index contributed by atoms with van der Waals surface area (Å²) in [5.74, 6) is 3.31. The first-order chi connectivity index (χ1) is 12.8. The van der Waals surface area contributed by atoms with Crippen LogP contribution >= 0.6 is 12.2 Å². The second-order valence-corrected chi connectivity index (χ2v) is 7.85. The standard InChI is InChI=1S/C20H21N5S/c26-19(24-11-13-3-1-6-21-10-13)18-17-15-5-4-14(9-15)16(17)12-25(18)20-22-7-2-8-23-20/h1-8,10,14-18H,9,11-12H2,(H,24,26)/t14-,15+,16-,17+,18+/m1/s1. The highest BCUT2D eigenvalue weighted by Crippen LogP contribution is 2.54. The van der Waals surface area contributed by atoms with Gasteiger partial charge in [0.15, 0.2) is 0 Å². The van der Waals surface area contributed by atoms with E-state index in [2.05, 4.69) is 43.4 Å². The summed E-state index contributed by atoms with van der Waals surface area (Å²) < 4.78 is 0. The summed E-state index contributed by atoms with van der Waals surface area (Å²) >= 11 is 5.88. The molecule has 6 heteroatoms. The van der Waals surface area contributed by atoms with Gasteiger partial charge < -0.3 is 10.2 Å². The van der Waals surface area contributed by atoms with Crippen LogP contribution in [0.25, 0.3) is 0 Å². The first kappa shape index (κ1) is 15.9. The number of hydrogen-bond acceptors (Lipinski definition) is 5. The van der Waals surface area contributed by atoms with Gasteiger partial charge in [0, 0.05) is 37.9 Å². The van der Waals surface area contributed by atoms with Gasteiger partial charge in [-0.25, -0.2) is 9.97 Å². The van der Waals surface area contributed by atoms with Crippen LogP contribution in [0, 0.1) is 23.7 Å². The van der Waals surface area contributed by atoms with E-state index in [0.29, 0.717) is 30.2 Å². The summed E-state index contributed by atoms with van der Waals surface area (Å²) in [4.78, 5) is 16.4. The lowest BCUT2D eigenvalue weighted by molar-refractivity contribution is 0.375. The van der Waals surface area contributed by atoms with Crippen LogP contribution in [0.1, 0.15) is 12.0 Å². The fraction of sp³-hybridized carbons (Fsp3) is 0.400. The van der Waals surface area contributed by atoms with Crippen molar-refractivity contribution in [2.75, 3.05) is 11.4 Å². The lowest BCUT2D eigenvalue weighted by Crippen LogP contribution is -2.47. The quantitative estimate of drug-likeness (QED) is 0.666. The molecule has 1 saturated carbocycles. The topological polar surface area (TPSA) is 53.9 Å². The van der Waals surface area contributed by atoms with E-state index < -0.39 is 0 Å². The van der Waals surface area contributed by atoms with E-state index >= 15 is 0 Å². The van der Waals surface area contributed by atoms with Crippen LogP contribution in [0.3, 0.4) is 0 Å². The molecule has 0 unspecified atom stereocenters. The zero-order chi connectivity index (χ0) is 17.5. The summed E-state index contributed by atoms with van der Waals surface area (Å²) in [5, 5.41) is 3.48. The van der Waals surface area contributed by atoms with Crippen molar-refractivity contribution in [2.45, 2.75) is 19.0 Å². The Labute approximate surface area is 158 Å². The highest BCUT2D eigenvalue weighted by Gasteiger charge is 2.56. The number of anilines is 1. The first-order valence-electron chi connectivity index (χ1n) is 9.20. The number of thiocarbonyl (C=S) groups is 1. The van der Waals surface area contributed by atoms with Gasteiger partial charge >= 0.3 is 0 Å². The third-order valence-corrected chi connectivity index (χ3v) is 6.45. The lowest BCUT2D eigenvalue weighted by Gasteiger charge is -2.31. The van der Waals surface area contributed by atoms with Crippen LogP contribution in [0.2, 0.25) is 0 Å². The maximum absolute atomic E-state index is 5.88. The molecule has 5 nitrogen and oxygen atoms in total. The maximum Gasteiger partial charge on any atom is 0.225 e. The number of nitrogens with zero attached hydrogens (tertiary/aromatic N) is 4. The molecule has 26 heavy (non-hydrogen) atoms. The van der Waals surface area contributed by atoms with Gasteiger partial charge in [-0.2, -0.15) is 0 Å². The van der Waals surface area contributed by atoms with E-state index in [9.17, 15) is 0 Å². The number of fused-ring (bicyclic) bond motifs is 5. The molecule has 2 aromatic heterocycles. The van der Waals surface area contributed by atoms with Gasteiger partial charge in [0.1, 0.15) is 0 Å². The number of rotatable bonds is 4. The molecule has 0 spiro atoms. The van der Waals surface area contributed by atoms with Gasteiger partial charge in [-0.1, -0.05) is 30.4 Å². The highest BCUT2D eigenvalue weighted by molar-refractivity contribution is 7.80. The van der Waals surface area contributed by atoms with Crippen molar-refractivity contribution >= 4 is 23.2 Å². The molecule has 2 fully saturated rings. The van der Waals surface area contributed by atoms with Gasteiger partial charge in [-0.15, -0.1) is 0 Å². The average Bonchev–Trinajstić information content (AvgIpc) is 3.39. The zero-order valence-corrected chi connectivity index (χ0v) is 15.2. The first-order valence-corrected chi connectivity index (χ1v) is 9.60. The van der Waals surface area contributed by atoms with Crippen molar-refractivity contribution in [1.82, 2.24) is 20.3 Å². The Bertz CT molecular complexity index is 825. The molecule has 1 saturated heterocycles. The average molecular weight is 363 g/mol. The molecule has 3 heterocycles. The Morgan fingerprint density at radius 3 is 2.81 bits per heavy atom. The number of nitrogens with one attached hydrogen (secondary N) is 1. The van der Waals surface area contributed by atoms with Crippen molar-refractivity contribution in [3.05, 3.63) is 60.7 Å². The number of pyridine rings is 1. The molecule has 2 aliphatic carbocycles. The molecule has 1 aliphatic heterocycles. The Hall–Kier alpha value is -2.34. The van der Waals surface area contributed by atoms with Crippen molar-refractivity contribution < 1.29 is 0 Å². The molecule has 0 aromatic carbocycles. The van der Waals surface area contributed by atoms with Crippen LogP contribution in [-0.2, 0) is 6.54 Å². The van der Waals surface area contributed by atoms with Crippen molar-refractivity contribution in [2.24, 2.45) is 23.7 Å². The Kier molecular flexibility index (Phi) is 3.93. The molecular weight excluding hydrogens is 342 g/mol. The van der Waals surface area contributed by atoms with E-state index in [1.165, 1.54) is 6.42 Å². The van der Waals surface area contributed by atoms with Crippen LogP contribution in [0.5, 0.6) is 0 Å². The molecule has 1 N–H and O–H groups in total. The van der Waals surface area contributed by atoms with Crippen LogP contribution in [0.15, 0.2) is 55.1 Å². The largest absolute Gasteiger partial charge is 0.374 e. The third kappa shape index (κ3) is 2.60. The molecule has 0 amide bonds. The van der Waals surface area contributed by atoms with Gasteiger partial charge in [0.25, 0.3) is 0 Å².